The number of carbonyl (C=O) groups is 1. The fourth-order valence-electron chi connectivity index (χ4n) is 3.37. The van der Waals surface area contributed by atoms with E-state index >= 15 is 0 Å². The molecule has 3 rings (SSSR count). The molecule has 0 unspecified atom stereocenters. The third-order valence-corrected chi connectivity index (χ3v) is 5.64. The molecule has 0 fully saturated rings. The van der Waals surface area contributed by atoms with E-state index in [9.17, 15) is 4.79 Å². The van der Waals surface area contributed by atoms with Gasteiger partial charge in [-0.3, -0.25) is 0 Å². The zero-order chi connectivity index (χ0) is 21.5. The van der Waals surface area contributed by atoms with E-state index in [1.165, 1.54) is 11.1 Å². The molecule has 5 nitrogen and oxygen atoms in total. The third kappa shape index (κ3) is 5.25. The average molecular weight is 425 g/mol. The Morgan fingerprint density at radius 3 is 2.63 bits per heavy atom. The van der Waals surface area contributed by atoms with Crippen molar-refractivity contribution in [2.24, 2.45) is 4.99 Å². The van der Waals surface area contributed by atoms with Gasteiger partial charge in [-0.2, -0.15) is 0 Å². The van der Waals surface area contributed by atoms with Crippen molar-refractivity contribution >= 4 is 22.9 Å². The Morgan fingerprint density at radius 1 is 1.10 bits per heavy atom. The largest absolute Gasteiger partial charge is 0.494 e. The first kappa shape index (κ1) is 22.0. The summed E-state index contributed by atoms with van der Waals surface area (Å²) < 4.78 is 11.1. The van der Waals surface area contributed by atoms with E-state index in [0.29, 0.717) is 18.8 Å². The Labute approximate surface area is 182 Å². The molecule has 0 amide bonds. The summed E-state index contributed by atoms with van der Waals surface area (Å²) in [7, 11) is 0. The van der Waals surface area contributed by atoms with Gasteiger partial charge in [-0.05, 0) is 39.3 Å². The highest BCUT2D eigenvalue weighted by Gasteiger charge is 2.32. The molecule has 0 spiro atoms. The number of nitrogens with zero attached hydrogens (tertiary/aromatic N) is 1. The second-order valence-corrected chi connectivity index (χ2v) is 7.93. The average Bonchev–Trinajstić information content (AvgIpc) is 2.72. The molecule has 0 radical (unpaired) electrons. The van der Waals surface area contributed by atoms with Crippen LogP contribution in [0.3, 0.4) is 0 Å². The fraction of sp³-hybridized carbons (Fsp3) is 0.333. The fourth-order valence-corrected chi connectivity index (χ4v) is 4.25. The highest BCUT2D eigenvalue weighted by Crippen LogP contribution is 2.37. The molecule has 2 aromatic carbocycles. The molecule has 0 saturated carbocycles. The highest BCUT2D eigenvalue weighted by molar-refractivity contribution is 8.13. The molecular weight excluding hydrogens is 396 g/mol. The van der Waals surface area contributed by atoms with Crippen molar-refractivity contribution in [2.75, 3.05) is 13.2 Å². The number of carbonyl (C=O) groups excluding carboxylic acids is 1. The first-order valence-electron chi connectivity index (χ1n) is 10.2. The first-order chi connectivity index (χ1) is 14.5. The number of hydrogen-bond donors (Lipinski definition) is 1. The minimum atomic E-state index is -0.479. The topological polar surface area (TPSA) is 59.9 Å². The molecule has 1 atom stereocenters. The second-order valence-electron chi connectivity index (χ2n) is 6.97. The van der Waals surface area contributed by atoms with Crippen molar-refractivity contribution in [2.45, 2.75) is 39.5 Å². The lowest BCUT2D eigenvalue weighted by atomic mass is 9.96. The molecule has 158 valence electrons. The van der Waals surface area contributed by atoms with E-state index in [0.717, 1.165) is 27.9 Å². The van der Waals surface area contributed by atoms with Gasteiger partial charge < -0.3 is 14.8 Å². The highest BCUT2D eigenvalue weighted by atomic mass is 32.2. The van der Waals surface area contributed by atoms with Gasteiger partial charge >= 0.3 is 5.97 Å². The number of nitrogens with one attached hydrogen (secondary N) is 1. The summed E-state index contributed by atoms with van der Waals surface area (Å²) in [6, 6.07) is 15.7. The maximum atomic E-state index is 12.7. The van der Waals surface area contributed by atoms with Gasteiger partial charge in [-0.15, -0.1) is 0 Å². The molecule has 1 heterocycles. The second kappa shape index (κ2) is 10.3. The van der Waals surface area contributed by atoms with Crippen LogP contribution in [0.5, 0.6) is 5.75 Å². The molecule has 0 bridgehead atoms. The molecule has 1 aliphatic heterocycles. The predicted octanol–water partition coefficient (Wildman–Crippen LogP) is 5.16. The Hall–Kier alpha value is -2.73. The first-order valence-corrected chi connectivity index (χ1v) is 11.1. The van der Waals surface area contributed by atoms with Crippen molar-refractivity contribution < 1.29 is 14.3 Å². The van der Waals surface area contributed by atoms with E-state index in [2.05, 4.69) is 36.5 Å². The summed E-state index contributed by atoms with van der Waals surface area (Å²) in [5.41, 5.74) is 4.59. The van der Waals surface area contributed by atoms with Gasteiger partial charge in [0, 0.05) is 17.0 Å². The molecular formula is C24H28N2O3S. The number of benzene rings is 2. The Kier molecular flexibility index (Phi) is 7.57. The van der Waals surface area contributed by atoms with Gasteiger partial charge in [0.1, 0.15) is 11.8 Å². The lowest BCUT2D eigenvalue weighted by Crippen LogP contribution is -2.30. The number of rotatable bonds is 7. The van der Waals surface area contributed by atoms with Crippen LogP contribution >= 0.6 is 11.8 Å². The molecule has 2 aromatic rings. The van der Waals surface area contributed by atoms with Crippen LogP contribution in [0.4, 0.5) is 0 Å². The summed E-state index contributed by atoms with van der Waals surface area (Å²) in [4.78, 5) is 17.6. The Balaban J connectivity index is 1.94. The van der Waals surface area contributed by atoms with Crippen LogP contribution in [0, 0.1) is 6.92 Å². The summed E-state index contributed by atoms with van der Waals surface area (Å²) in [6.07, 6.45) is 0. The minimum absolute atomic E-state index is 0.314. The monoisotopic (exact) mass is 424 g/mol. The van der Waals surface area contributed by atoms with Gasteiger partial charge in [-0.1, -0.05) is 59.8 Å². The lowest BCUT2D eigenvalue weighted by molar-refractivity contribution is -0.138. The van der Waals surface area contributed by atoms with E-state index in [-0.39, 0.29) is 5.97 Å². The zero-order valence-electron chi connectivity index (χ0n) is 17.9. The van der Waals surface area contributed by atoms with Crippen molar-refractivity contribution in [3.63, 3.8) is 0 Å². The van der Waals surface area contributed by atoms with Crippen LogP contribution in [0.25, 0.3) is 0 Å². The summed E-state index contributed by atoms with van der Waals surface area (Å²) in [5, 5.41) is 4.07. The van der Waals surface area contributed by atoms with Crippen LogP contribution in [-0.2, 0) is 15.3 Å². The number of para-hydroxylation sites is 1. The number of aryl methyl sites for hydroxylation is 1. The Morgan fingerprint density at radius 2 is 1.90 bits per heavy atom. The molecule has 0 saturated heterocycles. The number of ether oxygens (including phenoxy) is 2. The normalized spacial score (nSPS) is 16.0. The van der Waals surface area contributed by atoms with Crippen molar-refractivity contribution in [1.29, 1.82) is 0 Å². The van der Waals surface area contributed by atoms with E-state index in [4.69, 9.17) is 14.5 Å². The van der Waals surface area contributed by atoms with Crippen LogP contribution in [0.2, 0.25) is 0 Å². The molecule has 0 aromatic heterocycles. The van der Waals surface area contributed by atoms with Gasteiger partial charge in [-0.25, -0.2) is 9.79 Å². The quantitative estimate of drug-likeness (QED) is 0.622. The number of hydrogen-bond acceptors (Lipinski definition) is 6. The maximum Gasteiger partial charge on any atom is 0.338 e. The number of aliphatic imine (C=N–C) groups is 1. The van der Waals surface area contributed by atoms with E-state index in [1.54, 1.807) is 18.7 Å². The SMILES string of the molecule is CCOC(=O)C1=C(C)NC(SCc2cccc(C)c2)=N[C@@H]1c1ccccc1OCC. The van der Waals surface area contributed by atoms with Crippen molar-refractivity contribution in [3.8, 4) is 5.75 Å². The smallest absolute Gasteiger partial charge is 0.338 e. The molecule has 0 aliphatic carbocycles. The lowest BCUT2D eigenvalue weighted by Gasteiger charge is -2.27. The standard InChI is InChI=1S/C24H28N2O3S/c1-5-28-20-13-8-7-12-19(20)22-21(23(27)29-6-2)17(4)25-24(26-22)30-15-18-11-9-10-16(3)14-18/h7-14,22H,5-6,15H2,1-4H3,(H,25,26)/t22-/m1/s1. The Bertz CT molecular complexity index is 968. The van der Waals surface area contributed by atoms with Crippen molar-refractivity contribution in [1.82, 2.24) is 5.32 Å². The predicted molar refractivity (Wildman–Crippen MR) is 123 cm³/mol. The van der Waals surface area contributed by atoms with Gasteiger partial charge in [0.2, 0.25) is 0 Å². The number of thioether (sulfide) groups is 1. The minimum Gasteiger partial charge on any atom is -0.494 e. The van der Waals surface area contributed by atoms with E-state index < -0.39 is 6.04 Å². The molecule has 1 N–H and O–H groups in total. The van der Waals surface area contributed by atoms with E-state index in [1.807, 2.05) is 38.1 Å². The molecule has 1 aliphatic rings. The van der Waals surface area contributed by atoms with Crippen LogP contribution in [-0.4, -0.2) is 24.4 Å². The van der Waals surface area contributed by atoms with Crippen LogP contribution in [0.15, 0.2) is 64.8 Å². The maximum absolute atomic E-state index is 12.7. The van der Waals surface area contributed by atoms with Gasteiger partial charge in [0.25, 0.3) is 0 Å². The van der Waals surface area contributed by atoms with Gasteiger partial charge in [0.05, 0.1) is 18.8 Å². The summed E-state index contributed by atoms with van der Waals surface area (Å²) in [5.74, 6) is 1.16. The number of esters is 1. The molecule has 6 heteroatoms. The van der Waals surface area contributed by atoms with Crippen LogP contribution in [0.1, 0.15) is 43.5 Å². The molecule has 30 heavy (non-hydrogen) atoms. The third-order valence-electron chi connectivity index (χ3n) is 4.69. The van der Waals surface area contributed by atoms with Crippen LogP contribution < -0.4 is 10.1 Å². The zero-order valence-corrected chi connectivity index (χ0v) is 18.7. The summed E-state index contributed by atoms with van der Waals surface area (Å²) >= 11 is 1.62. The number of allylic oxidation sites excluding steroid dienone is 1. The summed E-state index contributed by atoms with van der Waals surface area (Å²) in [6.45, 7) is 8.58. The van der Waals surface area contributed by atoms with Gasteiger partial charge in [0.15, 0.2) is 5.17 Å². The van der Waals surface area contributed by atoms with Crippen molar-refractivity contribution in [3.05, 3.63) is 76.5 Å². The number of amidine groups is 1.